The van der Waals surface area contributed by atoms with E-state index >= 15 is 0 Å². The standard InChI is InChI=1S/C14H16N2O2S/c1-9-15-12-10(13(17)18)4-3-5-11(12)16(9)8-14(19-2)6-7-14/h3-5H,6-8H2,1-2H3,(H,17,18). The third-order valence-electron chi connectivity index (χ3n) is 3.89. The summed E-state index contributed by atoms with van der Waals surface area (Å²) < 4.78 is 2.49. The number of fused-ring (bicyclic) bond motifs is 1. The number of hydrogen-bond acceptors (Lipinski definition) is 3. The largest absolute Gasteiger partial charge is 0.478 e. The number of carboxylic acid groups (broad SMARTS) is 1. The van der Waals surface area contributed by atoms with E-state index in [9.17, 15) is 9.90 Å². The molecule has 1 N–H and O–H groups in total. The number of aromatic carboxylic acids is 1. The Morgan fingerprint density at radius 1 is 1.53 bits per heavy atom. The maximum absolute atomic E-state index is 11.2. The average molecular weight is 276 g/mol. The van der Waals surface area contributed by atoms with E-state index in [0.29, 0.717) is 10.3 Å². The van der Waals surface area contributed by atoms with Crippen LogP contribution in [0.3, 0.4) is 0 Å². The molecule has 19 heavy (non-hydrogen) atoms. The molecule has 0 aliphatic heterocycles. The Hall–Kier alpha value is -1.49. The van der Waals surface area contributed by atoms with Gasteiger partial charge in [-0.2, -0.15) is 11.8 Å². The number of hydrogen-bond donors (Lipinski definition) is 1. The van der Waals surface area contributed by atoms with Crippen LogP contribution in [0, 0.1) is 6.92 Å². The van der Waals surface area contributed by atoms with Crippen LogP contribution in [0.1, 0.15) is 29.0 Å². The quantitative estimate of drug-likeness (QED) is 0.933. The number of aryl methyl sites for hydroxylation is 1. The Bertz CT molecular complexity index is 659. The van der Waals surface area contributed by atoms with Crippen molar-refractivity contribution in [2.24, 2.45) is 0 Å². The lowest BCUT2D eigenvalue weighted by atomic mass is 10.2. The van der Waals surface area contributed by atoms with Crippen molar-refractivity contribution in [1.82, 2.24) is 9.55 Å². The number of imidazole rings is 1. The molecule has 1 aromatic carbocycles. The zero-order valence-electron chi connectivity index (χ0n) is 11.0. The van der Waals surface area contributed by atoms with Gasteiger partial charge < -0.3 is 9.67 Å². The molecule has 1 saturated carbocycles. The third kappa shape index (κ3) is 2.02. The van der Waals surface area contributed by atoms with Gasteiger partial charge in [0, 0.05) is 11.3 Å². The summed E-state index contributed by atoms with van der Waals surface area (Å²) in [6.45, 7) is 2.86. The first-order chi connectivity index (χ1) is 9.06. The van der Waals surface area contributed by atoms with Crippen LogP contribution in [0.5, 0.6) is 0 Å². The van der Waals surface area contributed by atoms with Gasteiger partial charge >= 0.3 is 5.97 Å². The summed E-state index contributed by atoms with van der Waals surface area (Å²) in [7, 11) is 0. The van der Waals surface area contributed by atoms with Gasteiger partial charge in [0.2, 0.25) is 0 Å². The average Bonchev–Trinajstić information content (AvgIpc) is 3.09. The molecule has 0 bridgehead atoms. The fourth-order valence-corrected chi connectivity index (χ4v) is 3.26. The fourth-order valence-electron chi connectivity index (χ4n) is 2.49. The van der Waals surface area contributed by atoms with Gasteiger partial charge in [0.25, 0.3) is 0 Å². The van der Waals surface area contributed by atoms with Crippen molar-refractivity contribution in [3.63, 3.8) is 0 Å². The third-order valence-corrected chi connectivity index (χ3v) is 5.29. The second-order valence-corrected chi connectivity index (χ2v) is 6.39. The highest BCUT2D eigenvalue weighted by molar-refractivity contribution is 8.00. The molecular weight excluding hydrogens is 260 g/mol. The predicted molar refractivity (Wildman–Crippen MR) is 76.9 cm³/mol. The minimum atomic E-state index is -0.916. The highest BCUT2D eigenvalue weighted by atomic mass is 32.2. The zero-order valence-corrected chi connectivity index (χ0v) is 11.8. The Balaban J connectivity index is 2.12. The number of carbonyl (C=O) groups is 1. The Morgan fingerprint density at radius 2 is 2.26 bits per heavy atom. The van der Waals surface area contributed by atoms with Crippen LogP contribution in [0.15, 0.2) is 18.2 Å². The van der Waals surface area contributed by atoms with Gasteiger partial charge in [0.05, 0.1) is 11.1 Å². The van der Waals surface area contributed by atoms with Gasteiger partial charge in [-0.1, -0.05) is 6.07 Å². The van der Waals surface area contributed by atoms with Crippen molar-refractivity contribution in [3.8, 4) is 0 Å². The van der Waals surface area contributed by atoms with Crippen LogP contribution in [0.4, 0.5) is 0 Å². The van der Waals surface area contributed by atoms with E-state index in [0.717, 1.165) is 17.9 Å². The molecule has 1 aliphatic rings. The summed E-state index contributed by atoms with van der Waals surface area (Å²) in [5.41, 5.74) is 1.82. The maximum atomic E-state index is 11.2. The van der Waals surface area contributed by atoms with E-state index in [1.54, 1.807) is 12.1 Å². The molecule has 2 aromatic rings. The van der Waals surface area contributed by atoms with E-state index in [1.807, 2.05) is 24.8 Å². The maximum Gasteiger partial charge on any atom is 0.337 e. The van der Waals surface area contributed by atoms with Crippen LogP contribution in [-0.2, 0) is 6.54 Å². The van der Waals surface area contributed by atoms with Crippen molar-refractivity contribution in [2.45, 2.75) is 31.1 Å². The molecule has 3 rings (SSSR count). The molecule has 1 fully saturated rings. The van der Waals surface area contributed by atoms with Gasteiger partial charge in [-0.3, -0.25) is 0 Å². The lowest BCUT2D eigenvalue weighted by molar-refractivity contribution is 0.0699. The molecule has 5 heteroatoms. The molecule has 0 spiro atoms. The highest BCUT2D eigenvalue weighted by Crippen LogP contribution is 2.49. The first kappa shape index (κ1) is 12.5. The Labute approximate surface area is 115 Å². The van der Waals surface area contributed by atoms with E-state index in [4.69, 9.17) is 0 Å². The molecule has 1 aliphatic carbocycles. The van der Waals surface area contributed by atoms with Gasteiger partial charge in [0.15, 0.2) is 0 Å². The summed E-state index contributed by atoms with van der Waals surface area (Å²) in [4.78, 5) is 15.7. The monoisotopic (exact) mass is 276 g/mol. The topological polar surface area (TPSA) is 55.1 Å². The second-order valence-electron chi connectivity index (χ2n) is 5.11. The van der Waals surface area contributed by atoms with Gasteiger partial charge in [-0.05, 0) is 38.2 Å². The predicted octanol–water partition coefficient (Wildman–Crippen LogP) is 2.94. The summed E-state index contributed by atoms with van der Waals surface area (Å²) in [6, 6.07) is 5.36. The number of nitrogens with zero attached hydrogens (tertiary/aromatic N) is 2. The smallest absolute Gasteiger partial charge is 0.337 e. The molecular formula is C14H16N2O2S. The number of rotatable bonds is 4. The van der Waals surface area contributed by atoms with Crippen LogP contribution >= 0.6 is 11.8 Å². The minimum absolute atomic E-state index is 0.286. The molecule has 100 valence electrons. The molecule has 1 aromatic heterocycles. The molecule has 0 atom stereocenters. The molecule has 0 unspecified atom stereocenters. The van der Waals surface area contributed by atoms with Crippen LogP contribution in [0.2, 0.25) is 0 Å². The Morgan fingerprint density at radius 3 is 2.84 bits per heavy atom. The van der Waals surface area contributed by atoms with E-state index in [1.165, 1.54) is 12.8 Å². The van der Waals surface area contributed by atoms with Crippen molar-refractivity contribution in [2.75, 3.05) is 6.26 Å². The van der Waals surface area contributed by atoms with Gasteiger partial charge in [-0.25, -0.2) is 9.78 Å². The summed E-state index contributed by atoms with van der Waals surface area (Å²) >= 11 is 1.90. The van der Waals surface area contributed by atoms with Crippen molar-refractivity contribution in [1.29, 1.82) is 0 Å². The molecule has 1 heterocycles. The van der Waals surface area contributed by atoms with Crippen LogP contribution in [0.25, 0.3) is 11.0 Å². The zero-order chi connectivity index (χ0) is 13.6. The van der Waals surface area contributed by atoms with E-state index in [2.05, 4.69) is 15.8 Å². The van der Waals surface area contributed by atoms with Crippen LogP contribution in [-0.4, -0.2) is 31.6 Å². The minimum Gasteiger partial charge on any atom is -0.478 e. The summed E-state index contributed by atoms with van der Waals surface area (Å²) in [5, 5.41) is 9.22. The first-order valence-electron chi connectivity index (χ1n) is 6.31. The van der Waals surface area contributed by atoms with E-state index in [-0.39, 0.29) is 5.56 Å². The first-order valence-corrected chi connectivity index (χ1v) is 7.53. The molecule has 0 saturated heterocycles. The normalized spacial score (nSPS) is 16.7. The fraction of sp³-hybridized carbons (Fsp3) is 0.429. The lowest BCUT2D eigenvalue weighted by Gasteiger charge is -2.15. The number of para-hydroxylation sites is 1. The number of carboxylic acids is 1. The summed E-state index contributed by atoms with van der Waals surface area (Å²) in [6.07, 6.45) is 4.60. The molecule has 0 amide bonds. The van der Waals surface area contributed by atoms with Crippen molar-refractivity contribution >= 4 is 28.8 Å². The van der Waals surface area contributed by atoms with Crippen molar-refractivity contribution in [3.05, 3.63) is 29.6 Å². The van der Waals surface area contributed by atoms with Crippen LogP contribution < -0.4 is 0 Å². The van der Waals surface area contributed by atoms with Gasteiger partial charge in [0.1, 0.15) is 11.3 Å². The summed E-state index contributed by atoms with van der Waals surface area (Å²) in [5.74, 6) is -0.0229. The molecule has 0 radical (unpaired) electrons. The SMILES string of the molecule is CSC1(Cn2c(C)nc3c(C(=O)O)cccc32)CC1. The Kier molecular flexibility index (Phi) is 2.82. The van der Waals surface area contributed by atoms with E-state index < -0.39 is 5.97 Å². The molecule has 4 nitrogen and oxygen atoms in total. The number of benzene rings is 1. The number of aromatic nitrogens is 2. The lowest BCUT2D eigenvalue weighted by Crippen LogP contribution is -2.14. The van der Waals surface area contributed by atoms with Crippen molar-refractivity contribution < 1.29 is 9.90 Å². The highest BCUT2D eigenvalue weighted by Gasteiger charge is 2.42. The second kappa shape index (κ2) is 4.27. The van der Waals surface area contributed by atoms with Gasteiger partial charge in [-0.15, -0.1) is 0 Å². The number of thioether (sulfide) groups is 1.